The van der Waals surface area contributed by atoms with Crippen molar-refractivity contribution < 1.29 is 23.2 Å². The number of sulfonamides is 1. The van der Waals surface area contributed by atoms with Crippen LogP contribution >= 0.6 is 0 Å². The molecule has 0 radical (unpaired) electrons. The Morgan fingerprint density at radius 2 is 1.61 bits per heavy atom. The zero-order chi connectivity index (χ0) is 21.8. The Bertz CT molecular complexity index is 992. The number of ether oxygens (including phenoxy) is 1. The molecule has 4 rings (SSSR count). The number of amides is 1. The first-order valence-corrected chi connectivity index (χ1v) is 12.0. The van der Waals surface area contributed by atoms with E-state index in [4.69, 9.17) is 4.74 Å². The Labute approximate surface area is 182 Å². The molecular weight excluding hydrogens is 418 g/mol. The molecule has 2 N–H and O–H groups in total. The van der Waals surface area contributed by atoms with Crippen molar-refractivity contribution in [2.24, 2.45) is 0 Å². The minimum atomic E-state index is -3.93. The van der Waals surface area contributed by atoms with Crippen LogP contribution in [0.25, 0.3) is 0 Å². The van der Waals surface area contributed by atoms with Gasteiger partial charge < -0.3 is 4.74 Å². The molecule has 0 aromatic heterocycles. The third kappa shape index (κ3) is 4.74. The van der Waals surface area contributed by atoms with Crippen LogP contribution in [0, 0.1) is 0 Å². The van der Waals surface area contributed by atoms with Gasteiger partial charge in [-0.3, -0.25) is 14.9 Å². The van der Waals surface area contributed by atoms with Gasteiger partial charge in [-0.15, -0.1) is 0 Å². The zero-order valence-electron chi connectivity index (χ0n) is 17.2. The summed E-state index contributed by atoms with van der Waals surface area (Å²) in [6.07, 6.45) is 3.68. The minimum Gasteiger partial charge on any atom is -0.457 e. The van der Waals surface area contributed by atoms with Crippen LogP contribution in [0.4, 0.5) is 0 Å². The normalized spacial score (nSPS) is 22.9. The molecule has 2 aromatic carbocycles. The van der Waals surface area contributed by atoms with E-state index >= 15 is 0 Å². The second-order valence-corrected chi connectivity index (χ2v) is 9.83. The SMILES string of the molecule is O=C(NO)[C@H]1C[C@H](N2CCCCC2)CN1S(=O)(=O)c1ccc(Oc2ccccc2)cc1. The molecule has 0 bridgehead atoms. The summed E-state index contributed by atoms with van der Waals surface area (Å²) in [6, 6.07) is 14.4. The van der Waals surface area contributed by atoms with Crippen LogP contribution < -0.4 is 10.2 Å². The summed E-state index contributed by atoms with van der Waals surface area (Å²) in [4.78, 5) is 14.6. The molecule has 2 aliphatic heterocycles. The predicted octanol–water partition coefficient (Wildman–Crippen LogP) is 2.60. The molecule has 8 nitrogen and oxygen atoms in total. The molecule has 0 spiro atoms. The van der Waals surface area contributed by atoms with Crippen LogP contribution in [-0.4, -0.2) is 60.5 Å². The Morgan fingerprint density at radius 1 is 0.968 bits per heavy atom. The van der Waals surface area contributed by atoms with Crippen molar-refractivity contribution in [2.45, 2.75) is 42.7 Å². The van der Waals surface area contributed by atoms with Gasteiger partial charge in [0, 0.05) is 12.6 Å². The van der Waals surface area contributed by atoms with E-state index in [0.717, 1.165) is 25.9 Å². The van der Waals surface area contributed by atoms with Gasteiger partial charge in [0.2, 0.25) is 10.0 Å². The van der Waals surface area contributed by atoms with Crippen molar-refractivity contribution in [1.29, 1.82) is 0 Å². The molecular formula is C22H27N3O5S. The quantitative estimate of drug-likeness (QED) is 0.524. The molecule has 2 heterocycles. The topological polar surface area (TPSA) is 99.2 Å². The number of hydrogen-bond acceptors (Lipinski definition) is 6. The summed E-state index contributed by atoms with van der Waals surface area (Å²) in [5.41, 5.74) is 1.64. The van der Waals surface area contributed by atoms with E-state index in [1.807, 2.05) is 30.3 Å². The first-order valence-electron chi connectivity index (χ1n) is 10.5. The van der Waals surface area contributed by atoms with Crippen LogP contribution in [0.1, 0.15) is 25.7 Å². The average molecular weight is 446 g/mol. The van der Waals surface area contributed by atoms with E-state index in [9.17, 15) is 18.4 Å². The van der Waals surface area contributed by atoms with Gasteiger partial charge >= 0.3 is 0 Å². The number of likely N-dealkylation sites (tertiary alicyclic amines) is 1. The molecule has 2 saturated heterocycles. The van der Waals surface area contributed by atoms with Gasteiger partial charge in [-0.1, -0.05) is 24.6 Å². The maximum Gasteiger partial charge on any atom is 0.261 e. The van der Waals surface area contributed by atoms with Gasteiger partial charge in [-0.05, 0) is 68.8 Å². The van der Waals surface area contributed by atoms with E-state index in [-0.39, 0.29) is 17.5 Å². The number of nitrogens with one attached hydrogen (secondary N) is 1. The highest BCUT2D eigenvalue weighted by molar-refractivity contribution is 7.89. The maximum atomic E-state index is 13.4. The third-order valence-corrected chi connectivity index (χ3v) is 7.85. The van der Waals surface area contributed by atoms with Crippen molar-refractivity contribution in [3.63, 3.8) is 0 Å². The number of piperidine rings is 1. The standard InChI is InChI=1S/C22H27N3O5S/c26-22(23-27)21-15-17(24-13-5-2-6-14-24)16-25(21)31(28,29)20-11-9-19(10-12-20)30-18-7-3-1-4-8-18/h1,3-4,7-12,17,21,27H,2,5-6,13-16H2,(H,23,26)/t17-,21+/m0/s1. The number of benzene rings is 2. The van der Waals surface area contributed by atoms with Crippen molar-refractivity contribution in [3.8, 4) is 11.5 Å². The van der Waals surface area contributed by atoms with E-state index in [0.29, 0.717) is 17.9 Å². The lowest BCUT2D eigenvalue weighted by Gasteiger charge is -2.32. The van der Waals surface area contributed by atoms with Gasteiger partial charge in [0.05, 0.1) is 4.90 Å². The molecule has 0 saturated carbocycles. The highest BCUT2D eigenvalue weighted by Crippen LogP contribution is 2.31. The molecule has 2 aromatic rings. The van der Waals surface area contributed by atoms with Crippen molar-refractivity contribution in [2.75, 3.05) is 19.6 Å². The Balaban J connectivity index is 1.54. The van der Waals surface area contributed by atoms with Crippen molar-refractivity contribution >= 4 is 15.9 Å². The van der Waals surface area contributed by atoms with E-state index in [1.54, 1.807) is 17.6 Å². The number of para-hydroxylation sites is 1. The van der Waals surface area contributed by atoms with E-state index < -0.39 is 22.0 Å². The molecule has 2 atom stereocenters. The lowest BCUT2D eigenvalue weighted by Crippen LogP contribution is -2.45. The molecule has 0 aliphatic carbocycles. The van der Waals surface area contributed by atoms with Crippen LogP contribution in [-0.2, 0) is 14.8 Å². The van der Waals surface area contributed by atoms with Crippen LogP contribution in [0.3, 0.4) is 0 Å². The Kier molecular flexibility index (Phi) is 6.57. The Morgan fingerprint density at radius 3 is 2.26 bits per heavy atom. The number of carbonyl (C=O) groups excluding carboxylic acids is 1. The lowest BCUT2D eigenvalue weighted by molar-refractivity contribution is -0.132. The molecule has 2 aliphatic rings. The number of carbonyl (C=O) groups is 1. The summed E-state index contributed by atoms with van der Waals surface area (Å²) in [7, 11) is -3.93. The predicted molar refractivity (Wildman–Crippen MR) is 114 cm³/mol. The second-order valence-electron chi connectivity index (χ2n) is 7.94. The molecule has 166 valence electrons. The van der Waals surface area contributed by atoms with Gasteiger partial charge in [0.1, 0.15) is 17.5 Å². The monoisotopic (exact) mass is 445 g/mol. The average Bonchev–Trinajstić information content (AvgIpc) is 3.27. The van der Waals surface area contributed by atoms with Crippen LogP contribution in [0.5, 0.6) is 11.5 Å². The number of nitrogens with zero attached hydrogens (tertiary/aromatic N) is 2. The Hall–Kier alpha value is -2.46. The minimum absolute atomic E-state index is 0.0435. The molecule has 2 fully saturated rings. The molecule has 1 amide bonds. The van der Waals surface area contributed by atoms with Crippen molar-refractivity contribution in [1.82, 2.24) is 14.7 Å². The largest absolute Gasteiger partial charge is 0.457 e. The molecule has 0 unspecified atom stereocenters. The van der Waals surface area contributed by atoms with E-state index in [1.165, 1.54) is 22.9 Å². The third-order valence-electron chi connectivity index (χ3n) is 5.96. The van der Waals surface area contributed by atoms with Gasteiger partial charge in [-0.25, -0.2) is 13.9 Å². The highest BCUT2D eigenvalue weighted by Gasteiger charge is 2.45. The number of hydroxylamine groups is 1. The fourth-order valence-corrected chi connectivity index (χ4v) is 5.99. The van der Waals surface area contributed by atoms with Gasteiger partial charge in [0.25, 0.3) is 5.91 Å². The van der Waals surface area contributed by atoms with Crippen LogP contribution in [0.15, 0.2) is 59.5 Å². The summed E-state index contributed by atoms with van der Waals surface area (Å²) < 4.78 is 33.7. The summed E-state index contributed by atoms with van der Waals surface area (Å²) in [6.45, 7) is 2.03. The van der Waals surface area contributed by atoms with Crippen LogP contribution in [0.2, 0.25) is 0 Å². The van der Waals surface area contributed by atoms with E-state index in [2.05, 4.69) is 4.90 Å². The first kappa shape index (κ1) is 21.8. The highest BCUT2D eigenvalue weighted by atomic mass is 32.2. The fraction of sp³-hybridized carbons (Fsp3) is 0.409. The lowest BCUT2D eigenvalue weighted by atomic mass is 10.1. The first-order chi connectivity index (χ1) is 15.0. The molecule has 9 heteroatoms. The fourth-order valence-electron chi connectivity index (χ4n) is 4.35. The summed E-state index contributed by atoms with van der Waals surface area (Å²) in [5.74, 6) is 0.469. The maximum absolute atomic E-state index is 13.4. The number of hydrogen-bond donors (Lipinski definition) is 2. The molecule has 31 heavy (non-hydrogen) atoms. The smallest absolute Gasteiger partial charge is 0.261 e. The van der Waals surface area contributed by atoms with Crippen molar-refractivity contribution in [3.05, 3.63) is 54.6 Å². The summed E-state index contributed by atoms with van der Waals surface area (Å²) >= 11 is 0. The van der Waals surface area contributed by atoms with Gasteiger partial charge in [-0.2, -0.15) is 4.31 Å². The number of rotatable bonds is 6. The van der Waals surface area contributed by atoms with Gasteiger partial charge in [0.15, 0.2) is 0 Å². The zero-order valence-corrected chi connectivity index (χ0v) is 18.0. The second kappa shape index (κ2) is 9.35. The summed E-state index contributed by atoms with van der Waals surface area (Å²) in [5, 5.41) is 9.17.